The highest BCUT2D eigenvalue weighted by molar-refractivity contribution is 5.98. The second kappa shape index (κ2) is 10.1. The first-order chi connectivity index (χ1) is 14.1. The second-order valence-corrected chi connectivity index (χ2v) is 7.26. The summed E-state index contributed by atoms with van der Waals surface area (Å²) in [5, 5.41) is 2.73. The maximum absolute atomic E-state index is 12.5. The molecule has 3 rings (SSSR count). The molecule has 1 aliphatic rings. The van der Waals surface area contributed by atoms with Crippen LogP contribution in [-0.2, 0) is 11.3 Å². The monoisotopic (exact) mass is 395 g/mol. The van der Waals surface area contributed by atoms with Crippen molar-refractivity contribution in [1.82, 2.24) is 15.1 Å². The molecule has 0 aromatic heterocycles. The van der Waals surface area contributed by atoms with E-state index in [0.717, 1.165) is 19.6 Å². The SMILES string of the molecule is CCOc1ccccc1C(=O)NCC(=O)N1CCN(Cc2cccc(C)c2)CC1. The highest BCUT2D eigenvalue weighted by atomic mass is 16.5. The minimum absolute atomic E-state index is 0.00280. The van der Waals surface area contributed by atoms with Crippen molar-refractivity contribution in [3.05, 3.63) is 65.2 Å². The number of rotatable bonds is 7. The van der Waals surface area contributed by atoms with Crippen LogP contribution in [0.5, 0.6) is 5.75 Å². The van der Waals surface area contributed by atoms with E-state index in [4.69, 9.17) is 4.74 Å². The molecular weight excluding hydrogens is 366 g/mol. The fourth-order valence-electron chi connectivity index (χ4n) is 3.52. The van der Waals surface area contributed by atoms with Gasteiger partial charge in [-0.05, 0) is 31.5 Å². The maximum atomic E-state index is 12.5. The Hall–Kier alpha value is -2.86. The molecule has 0 spiro atoms. The van der Waals surface area contributed by atoms with Crippen LogP contribution in [0.15, 0.2) is 48.5 Å². The van der Waals surface area contributed by atoms with Crippen LogP contribution in [-0.4, -0.2) is 60.9 Å². The molecule has 2 aromatic rings. The summed E-state index contributed by atoms with van der Waals surface area (Å²) in [6.07, 6.45) is 0. The van der Waals surface area contributed by atoms with E-state index >= 15 is 0 Å². The Morgan fingerprint density at radius 2 is 1.79 bits per heavy atom. The number of ether oxygens (including phenoxy) is 1. The van der Waals surface area contributed by atoms with Crippen LogP contribution in [0.25, 0.3) is 0 Å². The smallest absolute Gasteiger partial charge is 0.255 e. The van der Waals surface area contributed by atoms with Crippen molar-refractivity contribution in [2.45, 2.75) is 20.4 Å². The third kappa shape index (κ3) is 5.81. The van der Waals surface area contributed by atoms with E-state index in [1.165, 1.54) is 11.1 Å². The topological polar surface area (TPSA) is 61.9 Å². The van der Waals surface area contributed by atoms with E-state index in [-0.39, 0.29) is 18.4 Å². The number of carbonyl (C=O) groups is 2. The number of aryl methyl sites for hydroxylation is 1. The molecule has 6 nitrogen and oxygen atoms in total. The average molecular weight is 396 g/mol. The van der Waals surface area contributed by atoms with Crippen molar-refractivity contribution in [3.63, 3.8) is 0 Å². The highest BCUT2D eigenvalue weighted by Crippen LogP contribution is 2.17. The third-order valence-corrected chi connectivity index (χ3v) is 5.05. The molecule has 1 aliphatic heterocycles. The van der Waals surface area contributed by atoms with Gasteiger partial charge in [-0.2, -0.15) is 0 Å². The van der Waals surface area contributed by atoms with E-state index in [9.17, 15) is 9.59 Å². The van der Waals surface area contributed by atoms with Crippen LogP contribution >= 0.6 is 0 Å². The molecule has 0 aliphatic carbocycles. The predicted molar refractivity (Wildman–Crippen MR) is 113 cm³/mol. The van der Waals surface area contributed by atoms with Gasteiger partial charge in [0.2, 0.25) is 5.91 Å². The molecule has 0 atom stereocenters. The van der Waals surface area contributed by atoms with Crippen LogP contribution in [0.3, 0.4) is 0 Å². The van der Waals surface area contributed by atoms with E-state index in [2.05, 4.69) is 41.4 Å². The molecule has 0 radical (unpaired) electrons. The van der Waals surface area contributed by atoms with Gasteiger partial charge in [0.15, 0.2) is 0 Å². The first kappa shape index (κ1) is 20.9. The number of nitrogens with one attached hydrogen (secondary N) is 1. The number of amides is 2. The van der Waals surface area contributed by atoms with Crippen LogP contribution in [0.2, 0.25) is 0 Å². The molecule has 6 heteroatoms. The highest BCUT2D eigenvalue weighted by Gasteiger charge is 2.22. The van der Waals surface area contributed by atoms with Crippen LogP contribution < -0.4 is 10.1 Å². The summed E-state index contributed by atoms with van der Waals surface area (Å²) in [6, 6.07) is 15.6. The summed E-state index contributed by atoms with van der Waals surface area (Å²) in [5.41, 5.74) is 3.01. The molecule has 0 saturated carbocycles. The summed E-state index contributed by atoms with van der Waals surface area (Å²) < 4.78 is 5.49. The minimum atomic E-state index is -0.291. The van der Waals surface area contributed by atoms with Crippen LogP contribution in [0.4, 0.5) is 0 Å². The molecule has 0 bridgehead atoms. The Morgan fingerprint density at radius 1 is 1.03 bits per heavy atom. The van der Waals surface area contributed by atoms with Gasteiger partial charge in [-0.15, -0.1) is 0 Å². The Balaban J connectivity index is 1.46. The molecular formula is C23H29N3O3. The summed E-state index contributed by atoms with van der Waals surface area (Å²) >= 11 is 0. The van der Waals surface area contributed by atoms with Gasteiger partial charge in [0.25, 0.3) is 5.91 Å². The van der Waals surface area contributed by atoms with Gasteiger partial charge in [0.05, 0.1) is 18.7 Å². The zero-order chi connectivity index (χ0) is 20.6. The lowest BCUT2D eigenvalue weighted by molar-refractivity contribution is -0.131. The molecule has 2 amide bonds. The van der Waals surface area contributed by atoms with Gasteiger partial charge in [0.1, 0.15) is 5.75 Å². The van der Waals surface area contributed by atoms with Crippen molar-refractivity contribution in [1.29, 1.82) is 0 Å². The molecule has 1 heterocycles. The molecule has 1 fully saturated rings. The number of benzene rings is 2. The standard InChI is InChI=1S/C23H29N3O3/c1-3-29-21-10-5-4-9-20(21)23(28)24-16-22(27)26-13-11-25(12-14-26)17-19-8-6-7-18(2)15-19/h4-10,15H,3,11-14,16-17H2,1-2H3,(H,24,28). The second-order valence-electron chi connectivity index (χ2n) is 7.26. The van der Waals surface area contributed by atoms with E-state index in [1.54, 1.807) is 18.2 Å². The summed E-state index contributed by atoms with van der Waals surface area (Å²) in [5.74, 6) is 0.188. The Morgan fingerprint density at radius 3 is 2.52 bits per heavy atom. The molecule has 29 heavy (non-hydrogen) atoms. The van der Waals surface area contributed by atoms with E-state index in [0.29, 0.717) is 31.0 Å². The number of piperazine rings is 1. The number of hydrogen-bond donors (Lipinski definition) is 1. The lowest BCUT2D eigenvalue weighted by Gasteiger charge is -2.34. The molecule has 1 saturated heterocycles. The van der Waals surface area contributed by atoms with Crippen molar-refractivity contribution >= 4 is 11.8 Å². The normalized spacial score (nSPS) is 14.5. The van der Waals surface area contributed by atoms with Crippen LogP contribution in [0, 0.1) is 6.92 Å². The van der Waals surface area contributed by atoms with Gasteiger partial charge in [0, 0.05) is 32.7 Å². The lowest BCUT2D eigenvalue weighted by atomic mass is 10.1. The summed E-state index contributed by atoms with van der Waals surface area (Å²) in [7, 11) is 0. The quantitative estimate of drug-likeness (QED) is 0.782. The number of carbonyl (C=O) groups excluding carboxylic acids is 2. The lowest BCUT2D eigenvalue weighted by Crippen LogP contribution is -2.50. The maximum Gasteiger partial charge on any atom is 0.255 e. The summed E-state index contributed by atoms with van der Waals surface area (Å²) in [6.45, 7) is 8.37. The first-order valence-corrected chi connectivity index (χ1v) is 10.1. The van der Waals surface area contributed by atoms with Crippen molar-refractivity contribution in [3.8, 4) is 5.75 Å². The van der Waals surface area contributed by atoms with Crippen LogP contribution in [0.1, 0.15) is 28.4 Å². The fraction of sp³-hybridized carbons (Fsp3) is 0.391. The van der Waals surface area contributed by atoms with Gasteiger partial charge in [-0.1, -0.05) is 42.0 Å². The van der Waals surface area contributed by atoms with E-state index < -0.39 is 0 Å². The van der Waals surface area contributed by atoms with Gasteiger partial charge in [-0.25, -0.2) is 0 Å². The Bertz CT molecular complexity index is 845. The number of hydrogen-bond acceptors (Lipinski definition) is 4. The molecule has 1 N–H and O–H groups in total. The fourth-order valence-corrected chi connectivity index (χ4v) is 3.52. The number of para-hydroxylation sites is 1. The van der Waals surface area contributed by atoms with Crippen molar-refractivity contribution in [2.75, 3.05) is 39.3 Å². The largest absolute Gasteiger partial charge is 0.493 e. The minimum Gasteiger partial charge on any atom is -0.493 e. The van der Waals surface area contributed by atoms with Crippen molar-refractivity contribution < 1.29 is 14.3 Å². The van der Waals surface area contributed by atoms with Crippen molar-refractivity contribution in [2.24, 2.45) is 0 Å². The molecule has 154 valence electrons. The zero-order valence-electron chi connectivity index (χ0n) is 17.2. The van der Waals surface area contributed by atoms with Gasteiger partial charge in [-0.3, -0.25) is 14.5 Å². The van der Waals surface area contributed by atoms with E-state index in [1.807, 2.05) is 17.9 Å². The Kier molecular flexibility index (Phi) is 7.25. The third-order valence-electron chi connectivity index (χ3n) is 5.05. The first-order valence-electron chi connectivity index (χ1n) is 10.1. The molecule has 2 aromatic carbocycles. The van der Waals surface area contributed by atoms with Gasteiger partial charge < -0.3 is 15.0 Å². The zero-order valence-corrected chi connectivity index (χ0v) is 17.2. The Labute approximate surface area is 172 Å². The average Bonchev–Trinajstić information content (AvgIpc) is 2.73. The van der Waals surface area contributed by atoms with Gasteiger partial charge >= 0.3 is 0 Å². The number of nitrogens with zero attached hydrogens (tertiary/aromatic N) is 2. The molecule has 0 unspecified atom stereocenters. The predicted octanol–water partition coefficient (Wildman–Crippen LogP) is 2.47. The summed E-state index contributed by atoms with van der Waals surface area (Å²) in [4.78, 5) is 29.1.